The lowest BCUT2D eigenvalue weighted by atomic mass is 9.97. The number of fused-ring (bicyclic) bond motifs is 1. The molecule has 0 saturated carbocycles. The molecular weight excluding hydrogens is 338 g/mol. The quantitative estimate of drug-likeness (QED) is 0.711. The zero-order chi connectivity index (χ0) is 18.1. The number of anilines is 1. The van der Waals surface area contributed by atoms with Gasteiger partial charge in [-0.25, -0.2) is 15.0 Å². The summed E-state index contributed by atoms with van der Waals surface area (Å²) in [5.41, 5.74) is 3.62. The van der Waals surface area contributed by atoms with Crippen LogP contribution in [0.5, 0.6) is 0 Å². The van der Waals surface area contributed by atoms with Gasteiger partial charge in [0.25, 0.3) is 0 Å². The minimum Gasteiger partial charge on any atom is -0.356 e. The Morgan fingerprint density at radius 3 is 2.81 bits per heavy atom. The average molecular weight is 361 g/mol. The third-order valence-corrected chi connectivity index (χ3v) is 5.58. The maximum absolute atomic E-state index is 5.02. The Morgan fingerprint density at radius 2 is 1.96 bits per heavy atom. The molecule has 7 nitrogen and oxygen atoms in total. The molecule has 1 saturated heterocycles. The van der Waals surface area contributed by atoms with E-state index in [4.69, 9.17) is 9.97 Å². The molecule has 2 aliphatic rings. The number of piperidine rings is 1. The average Bonchev–Trinajstić information content (AvgIpc) is 3.40. The van der Waals surface area contributed by atoms with Crippen molar-refractivity contribution in [3.8, 4) is 11.4 Å². The lowest BCUT2D eigenvalue weighted by molar-refractivity contribution is 0.350. The lowest BCUT2D eigenvalue weighted by Gasteiger charge is -2.34. The number of hydrogen-bond acceptors (Lipinski definition) is 6. The van der Waals surface area contributed by atoms with Gasteiger partial charge in [0.2, 0.25) is 0 Å². The number of nitrogens with zero attached hydrogens (tertiary/aromatic N) is 7. The van der Waals surface area contributed by atoms with E-state index < -0.39 is 0 Å². The Bertz CT molecular complexity index is 908. The number of rotatable bonds is 4. The van der Waals surface area contributed by atoms with E-state index in [1.807, 2.05) is 23.1 Å². The van der Waals surface area contributed by atoms with E-state index in [2.05, 4.69) is 20.0 Å². The van der Waals surface area contributed by atoms with Crippen molar-refractivity contribution < 1.29 is 0 Å². The summed E-state index contributed by atoms with van der Waals surface area (Å²) < 4.78 is 1.95. The zero-order valence-corrected chi connectivity index (χ0v) is 15.3. The van der Waals surface area contributed by atoms with Crippen LogP contribution in [0.3, 0.4) is 0 Å². The van der Waals surface area contributed by atoms with Gasteiger partial charge in [0.05, 0.1) is 0 Å². The molecule has 4 heterocycles. The molecule has 1 aliphatic carbocycles. The fraction of sp³-hybridized carbons (Fsp3) is 0.450. The molecule has 0 N–H and O–H groups in total. The van der Waals surface area contributed by atoms with Crippen molar-refractivity contribution in [3.05, 3.63) is 48.4 Å². The maximum Gasteiger partial charge on any atom is 0.161 e. The fourth-order valence-electron chi connectivity index (χ4n) is 4.30. The van der Waals surface area contributed by atoms with Crippen LogP contribution in [0.15, 0.2) is 37.2 Å². The SMILES string of the molecule is c1cc(-c2nc3c(c(N4CCCC(Cn5cncn5)C4)n2)CCC3)ccn1. The highest BCUT2D eigenvalue weighted by Crippen LogP contribution is 2.33. The van der Waals surface area contributed by atoms with Gasteiger partial charge in [-0.05, 0) is 50.2 Å². The second kappa shape index (κ2) is 7.06. The number of pyridine rings is 1. The molecule has 3 aromatic rings. The van der Waals surface area contributed by atoms with Crippen molar-refractivity contribution in [3.63, 3.8) is 0 Å². The van der Waals surface area contributed by atoms with E-state index in [0.717, 1.165) is 49.7 Å². The number of hydrogen-bond donors (Lipinski definition) is 0. The molecule has 0 aromatic carbocycles. The third kappa shape index (κ3) is 3.29. The van der Waals surface area contributed by atoms with Crippen LogP contribution >= 0.6 is 0 Å². The van der Waals surface area contributed by atoms with Crippen LogP contribution in [0, 0.1) is 5.92 Å². The first-order chi connectivity index (χ1) is 13.4. The highest BCUT2D eigenvalue weighted by atomic mass is 15.3. The van der Waals surface area contributed by atoms with Crippen molar-refractivity contribution in [1.29, 1.82) is 0 Å². The Balaban J connectivity index is 1.46. The van der Waals surface area contributed by atoms with Gasteiger partial charge in [-0.2, -0.15) is 5.10 Å². The van der Waals surface area contributed by atoms with Crippen LogP contribution in [-0.4, -0.2) is 42.8 Å². The van der Waals surface area contributed by atoms with E-state index in [9.17, 15) is 0 Å². The fourth-order valence-corrected chi connectivity index (χ4v) is 4.30. The molecule has 0 radical (unpaired) electrons. The van der Waals surface area contributed by atoms with E-state index in [1.165, 1.54) is 30.5 Å². The van der Waals surface area contributed by atoms with Crippen LogP contribution in [0.2, 0.25) is 0 Å². The van der Waals surface area contributed by atoms with Crippen LogP contribution < -0.4 is 4.90 Å². The molecule has 1 atom stereocenters. The van der Waals surface area contributed by atoms with Crippen molar-refractivity contribution >= 4 is 5.82 Å². The van der Waals surface area contributed by atoms with E-state index in [0.29, 0.717) is 5.92 Å². The second-order valence-corrected chi connectivity index (χ2v) is 7.46. The normalized spacial score (nSPS) is 19.3. The van der Waals surface area contributed by atoms with Gasteiger partial charge in [-0.3, -0.25) is 9.67 Å². The first kappa shape index (κ1) is 16.4. The highest BCUT2D eigenvalue weighted by molar-refractivity contribution is 5.61. The first-order valence-electron chi connectivity index (χ1n) is 9.74. The topological polar surface area (TPSA) is 72.6 Å². The summed E-state index contributed by atoms with van der Waals surface area (Å²) in [4.78, 5) is 20.6. The van der Waals surface area contributed by atoms with Crippen molar-refractivity contribution in [2.45, 2.75) is 38.6 Å². The molecule has 7 heteroatoms. The Hall–Kier alpha value is -2.83. The summed E-state index contributed by atoms with van der Waals surface area (Å²) in [6, 6.07) is 3.98. The molecule has 27 heavy (non-hydrogen) atoms. The number of aromatic nitrogens is 6. The molecule has 1 aliphatic heterocycles. The van der Waals surface area contributed by atoms with E-state index in [-0.39, 0.29) is 0 Å². The summed E-state index contributed by atoms with van der Waals surface area (Å²) in [6.07, 6.45) is 12.8. The highest BCUT2D eigenvalue weighted by Gasteiger charge is 2.27. The summed E-state index contributed by atoms with van der Waals surface area (Å²) >= 11 is 0. The third-order valence-electron chi connectivity index (χ3n) is 5.58. The second-order valence-electron chi connectivity index (χ2n) is 7.46. The van der Waals surface area contributed by atoms with Gasteiger partial charge in [0, 0.05) is 48.8 Å². The largest absolute Gasteiger partial charge is 0.356 e. The minimum absolute atomic E-state index is 0.567. The Kier molecular flexibility index (Phi) is 4.27. The first-order valence-corrected chi connectivity index (χ1v) is 9.74. The standard InChI is InChI=1S/C20H23N7/c1-4-17-18(5-1)24-19(16-6-8-21-9-7-16)25-20(17)26-10-2-3-15(11-26)12-27-14-22-13-23-27/h6-9,13-15H,1-5,10-12H2. The van der Waals surface area contributed by atoms with Gasteiger partial charge in [-0.1, -0.05) is 0 Å². The van der Waals surface area contributed by atoms with E-state index >= 15 is 0 Å². The lowest BCUT2D eigenvalue weighted by Crippen LogP contribution is -2.38. The molecule has 1 unspecified atom stereocenters. The smallest absolute Gasteiger partial charge is 0.161 e. The molecular formula is C20H23N7. The predicted molar refractivity (Wildman–Crippen MR) is 102 cm³/mol. The summed E-state index contributed by atoms with van der Waals surface area (Å²) in [6.45, 7) is 2.99. The van der Waals surface area contributed by atoms with Gasteiger partial charge in [0.15, 0.2) is 5.82 Å². The molecule has 5 rings (SSSR count). The maximum atomic E-state index is 5.02. The van der Waals surface area contributed by atoms with Crippen molar-refractivity contribution in [2.24, 2.45) is 5.92 Å². The van der Waals surface area contributed by atoms with Crippen molar-refractivity contribution in [1.82, 2.24) is 29.7 Å². The molecule has 3 aromatic heterocycles. The Labute approximate surface area is 158 Å². The van der Waals surface area contributed by atoms with Crippen LogP contribution in [0.1, 0.15) is 30.5 Å². The van der Waals surface area contributed by atoms with Gasteiger partial charge >= 0.3 is 0 Å². The van der Waals surface area contributed by atoms with Crippen LogP contribution in [-0.2, 0) is 19.4 Å². The molecule has 0 bridgehead atoms. The summed E-state index contributed by atoms with van der Waals surface area (Å²) in [7, 11) is 0. The minimum atomic E-state index is 0.567. The molecule has 0 amide bonds. The summed E-state index contributed by atoms with van der Waals surface area (Å²) in [5.74, 6) is 2.54. The zero-order valence-electron chi connectivity index (χ0n) is 15.3. The molecule has 1 fully saturated rings. The van der Waals surface area contributed by atoms with Crippen LogP contribution in [0.25, 0.3) is 11.4 Å². The van der Waals surface area contributed by atoms with Gasteiger partial charge in [0.1, 0.15) is 18.5 Å². The monoisotopic (exact) mass is 361 g/mol. The van der Waals surface area contributed by atoms with Crippen LogP contribution in [0.4, 0.5) is 5.82 Å². The van der Waals surface area contributed by atoms with E-state index in [1.54, 1.807) is 18.7 Å². The molecule has 138 valence electrons. The van der Waals surface area contributed by atoms with Gasteiger partial charge < -0.3 is 4.90 Å². The predicted octanol–water partition coefficient (Wildman–Crippen LogP) is 2.54. The Morgan fingerprint density at radius 1 is 1.04 bits per heavy atom. The van der Waals surface area contributed by atoms with Gasteiger partial charge in [-0.15, -0.1) is 0 Å². The summed E-state index contributed by atoms with van der Waals surface area (Å²) in [5, 5.41) is 4.28. The number of aryl methyl sites for hydroxylation is 1. The molecule has 0 spiro atoms. The van der Waals surface area contributed by atoms with Crippen molar-refractivity contribution in [2.75, 3.05) is 18.0 Å².